The topological polar surface area (TPSA) is 72.8 Å². The molecular formula is C21H25N5OS. The van der Waals surface area contributed by atoms with Crippen LogP contribution in [-0.2, 0) is 6.54 Å². The van der Waals surface area contributed by atoms with E-state index in [-0.39, 0.29) is 0 Å². The molecule has 0 amide bonds. The average molecular weight is 396 g/mol. The van der Waals surface area contributed by atoms with Crippen LogP contribution in [0.25, 0.3) is 0 Å². The predicted octanol–water partition coefficient (Wildman–Crippen LogP) is 4.36. The maximum absolute atomic E-state index is 6.09. The SMILES string of the molecule is Cc1nc(NCc2sc(C)nc2C)c(C)c(OCC2CC2c2ccccn2)n1. The van der Waals surface area contributed by atoms with E-state index in [1.54, 1.807) is 11.3 Å². The number of hydrogen-bond acceptors (Lipinski definition) is 7. The second-order valence-electron chi connectivity index (χ2n) is 7.31. The molecule has 0 radical (unpaired) electrons. The summed E-state index contributed by atoms with van der Waals surface area (Å²) in [5.74, 6) is 3.20. The highest BCUT2D eigenvalue weighted by molar-refractivity contribution is 7.11. The molecule has 0 aliphatic heterocycles. The zero-order valence-electron chi connectivity index (χ0n) is 16.7. The third-order valence-electron chi connectivity index (χ3n) is 5.05. The van der Waals surface area contributed by atoms with Crippen molar-refractivity contribution in [3.05, 3.63) is 57.1 Å². The van der Waals surface area contributed by atoms with Crippen molar-refractivity contribution in [2.75, 3.05) is 11.9 Å². The Morgan fingerprint density at radius 3 is 2.71 bits per heavy atom. The molecule has 3 aromatic rings. The number of hydrogen-bond donors (Lipinski definition) is 1. The molecule has 0 bridgehead atoms. The summed E-state index contributed by atoms with van der Waals surface area (Å²) < 4.78 is 6.09. The van der Waals surface area contributed by atoms with Crippen LogP contribution in [0.3, 0.4) is 0 Å². The van der Waals surface area contributed by atoms with Crippen molar-refractivity contribution in [2.24, 2.45) is 5.92 Å². The van der Waals surface area contributed by atoms with Crippen molar-refractivity contribution in [1.82, 2.24) is 19.9 Å². The van der Waals surface area contributed by atoms with E-state index >= 15 is 0 Å². The molecule has 4 rings (SSSR count). The first-order valence-corrected chi connectivity index (χ1v) is 10.4. The lowest BCUT2D eigenvalue weighted by molar-refractivity contribution is 0.282. The molecule has 2 unspecified atom stereocenters. The summed E-state index contributed by atoms with van der Waals surface area (Å²) in [6, 6.07) is 6.09. The third-order valence-corrected chi connectivity index (χ3v) is 6.13. The van der Waals surface area contributed by atoms with Gasteiger partial charge < -0.3 is 10.1 Å². The quantitative estimate of drug-likeness (QED) is 0.641. The third kappa shape index (κ3) is 4.14. The molecule has 1 fully saturated rings. The fourth-order valence-corrected chi connectivity index (χ4v) is 4.27. The highest BCUT2D eigenvalue weighted by atomic mass is 32.1. The molecule has 28 heavy (non-hydrogen) atoms. The number of rotatable bonds is 7. The second-order valence-corrected chi connectivity index (χ2v) is 8.60. The van der Waals surface area contributed by atoms with Gasteiger partial charge >= 0.3 is 0 Å². The first-order valence-electron chi connectivity index (χ1n) is 9.57. The minimum Gasteiger partial charge on any atom is -0.477 e. The largest absolute Gasteiger partial charge is 0.477 e. The normalized spacial score (nSPS) is 18.1. The monoisotopic (exact) mass is 395 g/mol. The number of thiazole rings is 1. The Morgan fingerprint density at radius 1 is 1.14 bits per heavy atom. The van der Waals surface area contributed by atoms with Crippen molar-refractivity contribution in [3.8, 4) is 5.88 Å². The summed E-state index contributed by atoms with van der Waals surface area (Å²) >= 11 is 1.71. The molecule has 6 nitrogen and oxygen atoms in total. The van der Waals surface area contributed by atoms with Gasteiger partial charge in [-0.25, -0.2) is 9.97 Å². The van der Waals surface area contributed by atoms with E-state index in [1.165, 1.54) is 4.88 Å². The number of aryl methyl sites for hydroxylation is 3. The van der Waals surface area contributed by atoms with Gasteiger partial charge in [-0.2, -0.15) is 4.98 Å². The summed E-state index contributed by atoms with van der Waals surface area (Å²) in [5.41, 5.74) is 3.17. The Labute approximate surface area is 169 Å². The lowest BCUT2D eigenvalue weighted by Crippen LogP contribution is -2.10. The Bertz CT molecular complexity index is 972. The lowest BCUT2D eigenvalue weighted by Gasteiger charge is -2.13. The molecule has 1 saturated carbocycles. The van der Waals surface area contributed by atoms with Crippen LogP contribution >= 0.6 is 11.3 Å². The summed E-state index contributed by atoms with van der Waals surface area (Å²) in [5, 5.41) is 4.52. The van der Waals surface area contributed by atoms with E-state index in [1.807, 2.05) is 46.0 Å². The van der Waals surface area contributed by atoms with Gasteiger partial charge in [-0.15, -0.1) is 11.3 Å². The van der Waals surface area contributed by atoms with Gasteiger partial charge in [0.15, 0.2) is 0 Å². The Balaban J connectivity index is 1.40. The van der Waals surface area contributed by atoms with Crippen LogP contribution in [0.5, 0.6) is 5.88 Å². The lowest BCUT2D eigenvalue weighted by atomic mass is 10.2. The number of aromatic nitrogens is 4. The molecule has 3 heterocycles. The molecular weight excluding hydrogens is 370 g/mol. The number of pyridine rings is 1. The smallest absolute Gasteiger partial charge is 0.221 e. The molecule has 3 aromatic heterocycles. The molecule has 146 valence electrons. The van der Waals surface area contributed by atoms with Gasteiger partial charge in [0.1, 0.15) is 11.6 Å². The average Bonchev–Trinajstić information content (AvgIpc) is 3.39. The first kappa shape index (κ1) is 18.8. The fraction of sp³-hybridized carbons (Fsp3) is 0.429. The van der Waals surface area contributed by atoms with E-state index in [9.17, 15) is 0 Å². The van der Waals surface area contributed by atoms with E-state index < -0.39 is 0 Å². The van der Waals surface area contributed by atoms with E-state index in [4.69, 9.17) is 4.74 Å². The summed E-state index contributed by atoms with van der Waals surface area (Å²) in [6.45, 7) is 9.34. The second kappa shape index (κ2) is 7.83. The number of anilines is 1. The maximum atomic E-state index is 6.09. The van der Waals surface area contributed by atoms with Gasteiger partial charge in [-0.3, -0.25) is 4.98 Å². The van der Waals surface area contributed by atoms with Gasteiger partial charge in [-0.1, -0.05) is 6.07 Å². The highest BCUT2D eigenvalue weighted by Gasteiger charge is 2.40. The van der Waals surface area contributed by atoms with Crippen molar-refractivity contribution >= 4 is 17.2 Å². The molecule has 7 heteroatoms. The number of nitrogens with zero attached hydrogens (tertiary/aromatic N) is 4. The van der Waals surface area contributed by atoms with Gasteiger partial charge in [-0.05, 0) is 46.2 Å². The van der Waals surface area contributed by atoms with Crippen molar-refractivity contribution in [3.63, 3.8) is 0 Å². The molecule has 1 aliphatic rings. The molecule has 0 saturated heterocycles. The van der Waals surface area contributed by atoms with Crippen LogP contribution in [0.2, 0.25) is 0 Å². The van der Waals surface area contributed by atoms with Crippen molar-refractivity contribution in [1.29, 1.82) is 0 Å². The highest BCUT2D eigenvalue weighted by Crippen LogP contribution is 2.46. The number of nitrogens with one attached hydrogen (secondary N) is 1. The van der Waals surface area contributed by atoms with Crippen molar-refractivity contribution < 1.29 is 4.74 Å². The molecule has 0 spiro atoms. The van der Waals surface area contributed by atoms with Crippen LogP contribution in [0.15, 0.2) is 24.4 Å². The van der Waals surface area contributed by atoms with Gasteiger partial charge in [0.25, 0.3) is 0 Å². The minimum absolute atomic E-state index is 0.500. The van der Waals surface area contributed by atoms with E-state index in [0.29, 0.717) is 36.7 Å². The van der Waals surface area contributed by atoms with Crippen LogP contribution in [0.4, 0.5) is 5.82 Å². The van der Waals surface area contributed by atoms with Crippen LogP contribution in [0, 0.1) is 33.6 Å². The Hall–Kier alpha value is -2.54. The summed E-state index contributed by atoms with van der Waals surface area (Å²) in [4.78, 5) is 19.2. The Kier molecular flexibility index (Phi) is 5.26. The van der Waals surface area contributed by atoms with Gasteiger partial charge in [0.05, 0.1) is 29.4 Å². The molecule has 1 aliphatic carbocycles. The van der Waals surface area contributed by atoms with Crippen LogP contribution in [-0.4, -0.2) is 26.5 Å². The number of ether oxygens (including phenoxy) is 1. The molecule has 2 atom stereocenters. The summed E-state index contributed by atoms with van der Waals surface area (Å²) in [7, 11) is 0. The Morgan fingerprint density at radius 2 is 2.00 bits per heavy atom. The molecule has 0 aromatic carbocycles. The van der Waals surface area contributed by atoms with Gasteiger partial charge in [0.2, 0.25) is 5.88 Å². The minimum atomic E-state index is 0.500. The zero-order chi connectivity index (χ0) is 19.7. The molecule has 1 N–H and O–H groups in total. The predicted molar refractivity (Wildman–Crippen MR) is 111 cm³/mol. The zero-order valence-corrected chi connectivity index (χ0v) is 17.5. The van der Waals surface area contributed by atoms with Crippen LogP contribution < -0.4 is 10.1 Å². The standard InChI is InChI=1S/C21H25N5OS/c1-12-20(23-10-19-13(2)24-15(4)28-19)25-14(3)26-21(12)27-11-16-9-17(16)18-7-5-6-8-22-18/h5-8,16-17H,9-11H2,1-4H3,(H,23,25,26). The fourth-order valence-electron chi connectivity index (χ4n) is 3.39. The van der Waals surface area contributed by atoms with Gasteiger partial charge in [0, 0.05) is 28.6 Å². The van der Waals surface area contributed by atoms with E-state index in [2.05, 4.69) is 31.3 Å². The maximum Gasteiger partial charge on any atom is 0.221 e. The van der Waals surface area contributed by atoms with E-state index in [0.717, 1.165) is 34.2 Å². The first-order chi connectivity index (χ1) is 13.5. The summed E-state index contributed by atoms with van der Waals surface area (Å²) in [6.07, 6.45) is 2.98. The van der Waals surface area contributed by atoms with Crippen LogP contribution in [0.1, 0.15) is 45.0 Å². The van der Waals surface area contributed by atoms with Crippen molar-refractivity contribution in [2.45, 2.75) is 46.6 Å².